The second-order valence-corrected chi connectivity index (χ2v) is 9.80. The highest BCUT2D eigenvalue weighted by Gasteiger charge is 2.20. The zero-order valence-electron chi connectivity index (χ0n) is 18.6. The number of nitrogens with zero attached hydrogens (tertiary/aromatic N) is 2. The van der Waals surface area contributed by atoms with E-state index in [4.69, 9.17) is 14.6 Å². The van der Waals surface area contributed by atoms with Crippen molar-refractivity contribution in [1.82, 2.24) is 14.5 Å². The number of hydrogen-bond acceptors (Lipinski definition) is 5. The molecule has 0 spiro atoms. The molecule has 1 aliphatic heterocycles. The Morgan fingerprint density at radius 1 is 0.882 bits per heavy atom. The zero-order chi connectivity index (χ0) is 23.4. The highest BCUT2D eigenvalue weighted by atomic mass is 32.2. The molecule has 0 amide bonds. The van der Waals surface area contributed by atoms with Crippen LogP contribution in [0.5, 0.6) is 11.5 Å². The first-order valence-corrected chi connectivity index (χ1v) is 12.6. The number of benzene rings is 3. The largest absolute Gasteiger partial charge is 0.490 e. The van der Waals surface area contributed by atoms with E-state index in [2.05, 4.69) is 4.72 Å². The molecule has 7 nitrogen and oxygen atoms in total. The average Bonchev–Trinajstić information content (AvgIpc) is 3.11. The molecule has 1 N–H and O–H groups in total. The molecule has 2 heterocycles. The van der Waals surface area contributed by atoms with Crippen molar-refractivity contribution in [1.29, 1.82) is 0 Å². The highest BCUT2D eigenvalue weighted by molar-refractivity contribution is 7.89. The summed E-state index contributed by atoms with van der Waals surface area (Å²) >= 11 is 0. The topological polar surface area (TPSA) is 82.5 Å². The van der Waals surface area contributed by atoms with Gasteiger partial charge in [-0.25, -0.2) is 13.1 Å². The first-order valence-electron chi connectivity index (χ1n) is 11.1. The molecule has 3 aromatic carbocycles. The number of ether oxygens (including phenoxy) is 2. The van der Waals surface area contributed by atoms with Crippen LogP contribution in [0.1, 0.15) is 17.5 Å². The van der Waals surface area contributed by atoms with Crippen molar-refractivity contribution in [2.45, 2.75) is 24.4 Å². The fourth-order valence-electron chi connectivity index (χ4n) is 3.85. The summed E-state index contributed by atoms with van der Waals surface area (Å²) in [6.07, 6.45) is 2.65. The summed E-state index contributed by atoms with van der Waals surface area (Å²) in [4.78, 5) is 0.134. The maximum Gasteiger partial charge on any atom is 0.241 e. The molecule has 5 rings (SSSR count). The van der Waals surface area contributed by atoms with E-state index < -0.39 is 10.0 Å². The molecule has 0 atom stereocenters. The van der Waals surface area contributed by atoms with Crippen LogP contribution in [-0.2, 0) is 23.1 Å². The summed E-state index contributed by atoms with van der Waals surface area (Å²) in [6.45, 7) is 1.74. The monoisotopic (exact) mass is 475 g/mol. The molecule has 0 bridgehead atoms. The summed E-state index contributed by atoms with van der Waals surface area (Å²) in [7, 11) is -3.78. The van der Waals surface area contributed by atoms with Crippen molar-refractivity contribution in [3.8, 4) is 22.8 Å². The SMILES string of the molecule is O=S(=O)(NCc1cn(Cc2ccccc2)nc1-c1ccccc1)c1ccc2c(c1)OCCCO2. The first-order chi connectivity index (χ1) is 16.6. The van der Waals surface area contributed by atoms with Gasteiger partial charge in [-0.05, 0) is 17.7 Å². The Hall–Kier alpha value is -3.62. The van der Waals surface area contributed by atoms with Crippen molar-refractivity contribution in [3.05, 3.63) is 96.2 Å². The molecular weight excluding hydrogens is 450 g/mol. The minimum Gasteiger partial charge on any atom is -0.490 e. The van der Waals surface area contributed by atoms with Crippen LogP contribution in [-0.4, -0.2) is 31.4 Å². The van der Waals surface area contributed by atoms with Gasteiger partial charge in [0, 0.05) is 36.4 Å². The molecule has 0 saturated heterocycles. The van der Waals surface area contributed by atoms with Crippen LogP contribution in [0.4, 0.5) is 0 Å². The van der Waals surface area contributed by atoms with Gasteiger partial charge >= 0.3 is 0 Å². The van der Waals surface area contributed by atoms with Gasteiger partial charge in [0.25, 0.3) is 0 Å². The van der Waals surface area contributed by atoms with E-state index >= 15 is 0 Å². The van der Waals surface area contributed by atoms with Gasteiger partial charge in [0.15, 0.2) is 11.5 Å². The van der Waals surface area contributed by atoms with Crippen LogP contribution in [0, 0.1) is 0 Å². The standard InChI is InChI=1S/C26H25N3O4S/c30-34(31,23-12-13-24-25(16-23)33-15-7-14-32-24)27-17-22-19-29(18-20-8-3-1-4-9-20)28-26(22)21-10-5-2-6-11-21/h1-6,8-13,16,19,27H,7,14-15,17-18H2. The molecule has 1 aromatic heterocycles. The molecule has 0 unspecified atom stereocenters. The molecule has 174 valence electrons. The lowest BCUT2D eigenvalue weighted by molar-refractivity contribution is 0.297. The lowest BCUT2D eigenvalue weighted by atomic mass is 10.1. The van der Waals surface area contributed by atoms with Crippen LogP contribution >= 0.6 is 0 Å². The third kappa shape index (κ3) is 4.98. The van der Waals surface area contributed by atoms with Crippen molar-refractivity contribution in [2.24, 2.45) is 0 Å². The molecule has 0 radical (unpaired) electrons. The molecule has 8 heteroatoms. The molecule has 0 fully saturated rings. The van der Waals surface area contributed by atoms with Crippen LogP contribution in [0.3, 0.4) is 0 Å². The Morgan fingerprint density at radius 2 is 1.59 bits per heavy atom. The number of aromatic nitrogens is 2. The highest BCUT2D eigenvalue weighted by Crippen LogP contribution is 2.32. The molecule has 34 heavy (non-hydrogen) atoms. The van der Waals surface area contributed by atoms with Gasteiger partial charge in [0.1, 0.15) is 0 Å². The Labute approximate surface area is 199 Å². The summed E-state index contributed by atoms with van der Waals surface area (Å²) in [6, 6.07) is 24.5. The second kappa shape index (κ2) is 9.70. The predicted octanol–water partition coefficient (Wildman–Crippen LogP) is 4.24. The Morgan fingerprint density at radius 3 is 2.35 bits per heavy atom. The van der Waals surface area contributed by atoms with E-state index in [0.29, 0.717) is 31.3 Å². The smallest absolute Gasteiger partial charge is 0.241 e. The van der Waals surface area contributed by atoms with Crippen molar-refractivity contribution < 1.29 is 17.9 Å². The van der Waals surface area contributed by atoms with Gasteiger partial charge in [0.05, 0.1) is 30.3 Å². The van der Waals surface area contributed by atoms with Crippen LogP contribution in [0.25, 0.3) is 11.3 Å². The summed E-state index contributed by atoms with van der Waals surface area (Å²) in [5, 5.41) is 4.76. The molecule has 0 aliphatic carbocycles. The molecule has 1 aliphatic rings. The fourth-order valence-corrected chi connectivity index (χ4v) is 4.87. The van der Waals surface area contributed by atoms with Crippen molar-refractivity contribution >= 4 is 10.0 Å². The van der Waals surface area contributed by atoms with E-state index in [1.165, 1.54) is 12.1 Å². The van der Waals surface area contributed by atoms with Gasteiger partial charge < -0.3 is 9.47 Å². The number of fused-ring (bicyclic) bond motifs is 1. The van der Waals surface area contributed by atoms with E-state index in [0.717, 1.165) is 28.8 Å². The molecule has 4 aromatic rings. The maximum absolute atomic E-state index is 13.1. The van der Waals surface area contributed by atoms with Crippen molar-refractivity contribution in [3.63, 3.8) is 0 Å². The van der Waals surface area contributed by atoms with E-state index in [1.807, 2.05) is 71.5 Å². The Balaban J connectivity index is 1.40. The third-order valence-corrected chi connectivity index (χ3v) is 6.95. The minimum absolute atomic E-state index is 0.107. The number of sulfonamides is 1. The predicted molar refractivity (Wildman–Crippen MR) is 129 cm³/mol. The van der Waals surface area contributed by atoms with Gasteiger partial charge in [-0.3, -0.25) is 4.68 Å². The summed E-state index contributed by atoms with van der Waals surface area (Å²) in [5.74, 6) is 1.01. The summed E-state index contributed by atoms with van der Waals surface area (Å²) < 4.78 is 42.0. The van der Waals surface area contributed by atoms with Gasteiger partial charge in [-0.15, -0.1) is 0 Å². The van der Waals surface area contributed by atoms with E-state index in [9.17, 15) is 8.42 Å². The van der Waals surface area contributed by atoms with Gasteiger partial charge in [-0.1, -0.05) is 60.7 Å². The fraction of sp³-hybridized carbons (Fsp3) is 0.192. The minimum atomic E-state index is -3.78. The lowest BCUT2D eigenvalue weighted by Crippen LogP contribution is -2.23. The molecule has 0 saturated carbocycles. The third-order valence-electron chi connectivity index (χ3n) is 5.55. The van der Waals surface area contributed by atoms with Crippen LogP contribution in [0.2, 0.25) is 0 Å². The molecular formula is C26H25N3O4S. The average molecular weight is 476 g/mol. The Bertz CT molecular complexity index is 1370. The number of rotatable bonds is 7. The first kappa shape index (κ1) is 22.2. The van der Waals surface area contributed by atoms with Crippen molar-refractivity contribution in [2.75, 3.05) is 13.2 Å². The summed E-state index contributed by atoms with van der Waals surface area (Å²) in [5.41, 5.74) is 3.58. The quantitative estimate of drug-likeness (QED) is 0.432. The number of hydrogen-bond donors (Lipinski definition) is 1. The Kier molecular flexibility index (Phi) is 6.33. The zero-order valence-corrected chi connectivity index (χ0v) is 19.4. The second-order valence-electron chi connectivity index (χ2n) is 8.04. The normalized spacial score (nSPS) is 13.4. The van der Waals surface area contributed by atoms with E-state index in [1.54, 1.807) is 6.07 Å². The van der Waals surface area contributed by atoms with Crippen LogP contribution < -0.4 is 14.2 Å². The van der Waals surface area contributed by atoms with Gasteiger partial charge in [0.2, 0.25) is 10.0 Å². The lowest BCUT2D eigenvalue weighted by Gasteiger charge is -2.11. The van der Waals surface area contributed by atoms with Crippen LogP contribution in [0.15, 0.2) is 90.0 Å². The van der Waals surface area contributed by atoms with Gasteiger partial charge in [-0.2, -0.15) is 5.10 Å². The van der Waals surface area contributed by atoms with E-state index in [-0.39, 0.29) is 11.4 Å². The number of nitrogens with one attached hydrogen (secondary N) is 1. The maximum atomic E-state index is 13.1.